The molecule has 2 fully saturated rings. The molecule has 1 saturated heterocycles. The molecule has 1 saturated carbocycles. The molecule has 1 atom stereocenters. The molecule has 2 rings (SSSR count). The molecule has 2 aliphatic rings. The molecule has 74 valence electrons. The van der Waals surface area contributed by atoms with Gasteiger partial charge in [-0.25, -0.2) is 4.79 Å². The first kappa shape index (κ1) is 8.85. The summed E-state index contributed by atoms with van der Waals surface area (Å²) in [6, 6.07) is 0.723. The molecule has 0 radical (unpaired) electrons. The quantitative estimate of drug-likeness (QED) is 0.635. The Kier molecular flexibility index (Phi) is 2.18. The number of amides is 2. The highest BCUT2D eigenvalue weighted by atomic mass is 16.2. The molecule has 3 nitrogen and oxygen atoms in total. The number of nitrogens with zero attached hydrogens (tertiary/aromatic N) is 2. The minimum absolute atomic E-state index is 0.222. The minimum atomic E-state index is 0.222. The molecule has 0 aromatic heterocycles. The maximum atomic E-state index is 11.6. The zero-order chi connectivity index (χ0) is 9.42. The van der Waals surface area contributed by atoms with Gasteiger partial charge in [0.2, 0.25) is 0 Å². The average molecular weight is 182 g/mol. The van der Waals surface area contributed by atoms with Gasteiger partial charge in [-0.05, 0) is 25.7 Å². The van der Waals surface area contributed by atoms with Crippen LogP contribution in [0.1, 0.15) is 26.2 Å². The second-order valence-electron chi connectivity index (χ2n) is 4.19. The Morgan fingerprint density at radius 2 is 2.15 bits per heavy atom. The number of hydrogen-bond acceptors (Lipinski definition) is 1. The van der Waals surface area contributed by atoms with E-state index in [2.05, 4.69) is 6.92 Å². The van der Waals surface area contributed by atoms with Crippen LogP contribution >= 0.6 is 0 Å². The van der Waals surface area contributed by atoms with Gasteiger partial charge in [-0.1, -0.05) is 6.42 Å². The molecule has 1 unspecified atom stereocenters. The van der Waals surface area contributed by atoms with E-state index in [-0.39, 0.29) is 6.03 Å². The van der Waals surface area contributed by atoms with Crippen molar-refractivity contribution < 1.29 is 4.79 Å². The molecule has 1 heterocycles. The summed E-state index contributed by atoms with van der Waals surface area (Å²) in [6.45, 7) is 3.86. The second-order valence-corrected chi connectivity index (χ2v) is 4.19. The highest BCUT2D eigenvalue weighted by Gasteiger charge is 2.40. The summed E-state index contributed by atoms with van der Waals surface area (Å²) in [6.07, 6.45) is 4.00. The van der Waals surface area contributed by atoms with Crippen LogP contribution in [-0.2, 0) is 0 Å². The number of carbonyl (C=O) groups excluding carboxylic acids is 1. The lowest BCUT2D eigenvalue weighted by molar-refractivity contribution is 0.164. The van der Waals surface area contributed by atoms with Crippen molar-refractivity contribution in [3.8, 4) is 0 Å². The van der Waals surface area contributed by atoms with E-state index >= 15 is 0 Å². The van der Waals surface area contributed by atoms with E-state index in [1.165, 1.54) is 19.3 Å². The van der Waals surface area contributed by atoms with E-state index in [0.29, 0.717) is 6.04 Å². The zero-order valence-electron chi connectivity index (χ0n) is 8.49. The van der Waals surface area contributed by atoms with Crippen molar-refractivity contribution in [1.29, 1.82) is 0 Å². The summed E-state index contributed by atoms with van der Waals surface area (Å²) in [7, 11) is 1.95. The van der Waals surface area contributed by atoms with Gasteiger partial charge in [-0.2, -0.15) is 0 Å². The predicted octanol–water partition coefficient (Wildman–Crippen LogP) is 1.54. The molecule has 0 spiro atoms. The topological polar surface area (TPSA) is 23.6 Å². The first-order valence-corrected chi connectivity index (χ1v) is 5.25. The van der Waals surface area contributed by atoms with Crippen molar-refractivity contribution in [1.82, 2.24) is 9.80 Å². The number of likely N-dealkylation sites (N-methyl/N-ethyl adjacent to an activating group) is 2. The van der Waals surface area contributed by atoms with Crippen LogP contribution in [0.5, 0.6) is 0 Å². The molecule has 3 heteroatoms. The summed E-state index contributed by atoms with van der Waals surface area (Å²) >= 11 is 0. The van der Waals surface area contributed by atoms with Crippen molar-refractivity contribution in [3.63, 3.8) is 0 Å². The number of hydrogen-bond donors (Lipinski definition) is 0. The van der Waals surface area contributed by atoms with Gasteiger partial charge in [-0.15, -0.1) is 0 Å². The minimum Gasteiger partial charge on any atom is -0.323 e. The van der Waals surface area contributed by atoms with Crippen LogP contribution in [-0.4, -0.2) is 42.0 Å². The molecule has 0 aromatic carbocycles. The van der Waals surface area contributed by atoms with Gasteiger partial charge in [0.05, 0.1) is 6.04 Å². The summed E-state index contributed by atoms with van der Waals surface area (Å²) in [4.78, 5) is 15.5. The third-order valence-electron chi connectivity index (χ3n) is 3.55. The van der Waals surface area contributed by atoms with Crippen LogP contribution in [0.2, 0.25) is 0 Å². The average Bonchev–Trinajstić information content (AvgIpc) is 2.30. The lowest BCUT2D eigenvalue weighted by atomic mass is 9.79. The Bertz CT molecular complexity index is 213. The molecular weight excluding hydrogens is 164 g/mol. The fourth-order valence-electron chi connectivity index (χ4n) is 2.35. The molecule has 2 amide bonds. The smallest absolute Gasteiger partial charge is 0.320 e. The third-order valence-corrected chi connectivity index (χ3v) is 3.55. The summed E-state index contributed by atoms with van der Waals surface area (Å²) < 4.78 is 0. The molecule has 1 aliphatic carbocycles. The van der Waals surface area contributed by atoms with Crippen LogP contribution in [0.25, 0.3) is 0 Å². The Balaban J connectivity index is 2.02. The van der Waals surface area contributed by atoms with E-state index in [4.69, 9.17) is 0 Å². The van der Waals surface area contributed by atoms with E-state index in [1.54, 1.807) is 0 Å². The lowest BCUT2D eigenvalue weighted by Gasteiger charge is -2.34. The Hall–Kier alpha value is -0.730. The predicted molar refractivity (Wildman–Crippen MR) is 51.5 cm³/mol. The normalized spacial score (nSPS) is 29.7. The van der Waals surface area contributed by atoms with Crippen LogP contribution in [0.4, 0.5) is 4.79 Å². The van der Waals surface area contributed by atoms with E-state index < -0.39 is 0 Å². The van der Waals surface area contributed by atoms with Gasteiger partial charge in [0.25, 0.3) is 0 Å². The summed E-state index contributed by atoms with van der Waals surface area (Å²) in [5.41, 5.74) is 0. The number of rotatable bonds is 2. The molecule has 0 N–H and O–H groups in total. The van der Waals surface area contributed by atoms with Gasteiger partial charge >= 0.3 is 6.03 Å². The Morgan fingerprint density at radius 3 is 2.54 bits per heavy atom. The van der Waals surface area contributed by atoms with Crippen molar-refractivity contribution in [3.05, 3.63) is 0 Å². The van der Waals surface area contributed by atoms with Crippen molar-refractivity contribution in [2.45, 2.75) is 32.2 Å². The number of urea groups is 1. The van der Waals surface area contributed by atoms with Crippen molar-refractivity contribution in [2.75, 3.05) is 20.1 Å². The van der Waals surface area contributed by atoms with Gasteiger partial charge in [0.1, 0.15) is 0 Å². The Labute approximate surface area is 79.7 Å². The molecule has 1 aliphatic heterocycles. The van der Waals surface area contributed by atoms with Crippen LogP contribution in [0, 0.1) is 5.92 Å². The van der Waals surface area contributed by atoms with Crippen LogP contribution in [0.15, 0.2) is 0 Å². The molecular formula is C10H18N2O. The lowest BCUT2D eigenvalue weighted by Crippen LogP contribution is -2.39. The maximum Gasteiger partial charge on any atom is 0.320 e. The Morgan fingerprint density at radius 1 is 1.46 bits per heavy atom. The van der Waals surface area contributed by atoms with Crippen molar-refractivity contribution in [2.24, 2.45) is 5.92 Å². The van der Waals surface area contributed by atoms with E-state index in [9.17, 15) is 4.79 Å². The standard InChI is InChI=1S/C10H18N2O/c1-3-12-7-9(8-5-4-6-8)11(2)10(12)13/h8-9H,3-7H2,1-2H3. The van der Waals surface area contributed by atoms with Gasteiger partial charge < -0.3 is 9.80 Å². The SMILES string of the molecule is CCN1CC(C2CCC2)N(C)C1=O. The zero-order valence-corrected chi connectivity index (χ0v) is 8.49. The van der Waals surface area contributed by atoms with Gasteiger partial charge in [-0.3, -0.25) is 0 Å². The second kappa shape index (κ2) is 3.20. The number of carbonyl (C=O) groups is 1. The largest absolute Gasteiger partial charge is 0.323 e. The highest BCUT2D eigenvalue weighted by molar-refractivity contribution is 5.76. The van der Waals surface area contributed by atoms with Crippen LogP contribution in [0.3, 0.4) is 0 Å². The highest BCUT2D eigenvalue weighted by Crippen LogP contribution is 2.34. The van der Waals surface area contributed by atoms with Crippen molar-refractivity contribution >= 4 is 6.03 Å². The van der Waals surface area contributed by atoms with E-state index in [0.717, 1.165) is 19.0 Å². The van der Waals surface area contributed by atoms with Gasteiger partial charge in [0, 0.05) is 20.1 Å². The van der Waals surface area contributed by atoms with Gasteiger partial charge in [0.15, 0.2) is 0 Å². The summed E-state index contributed by atoms with van der Waals surface area (Å²) in [5, 5.41) is 0. The third kappa shape index (κ3) is 1.30. The fraction of sp³-hybridized carbons (Fsp3) is 0.900. The molecule has 0 aromatic rings. The maximum absolute atomic E-state index is 11.6. The fourth-order valence-corrected chi connectivity index (χ4v) is 2.35. The van der Waals surface area contributed by atoms with E-state index in [1.807, 2.05) is 16.8 Å². The first-order valence-electron chi connectivity index (χ1n) is 5.25. The molecule has 0 bridgehead atoms. The summed E-state index contributed by atoms with van der Waals surface area (Å²) in [5.74, 6) is 0.783. The first-order chi connectivity index (χ1) is 6.24. The monoisotopic (exact) mass is 182 g/mol. The molecule has 13 heavy (non-hydrogen) atoms. The van der Waals surface area contributed by atoms with Crippen LogP contribution < -0.4 is 0 Å².